The monoisotopic (exact) mass is 208 g/mol. The average molecular weight is 208 g/mol. The van der Waals surface area contributed by atoms with E-state index in [0.29, 0.717) is 0 Å². The Hall–Kier alpha value is -0.510. The molecule has 1 heterocycles. The third-order valence-electron chi connectivity index (χ3n) is 2.36. The molecule has 1 unspecified atom stereocenters. The molecular formula is C11H14NOS. The lowest BCUT2D eigenvalue weighted by molar-refractivity contribution is 0.0737. The van der Waals surface area contributed by atoms with Crippen LogP contribution in [0.3, 0.4) is 0 Å². The molecule has 1 aliphatic rings. The standard InChI is InChI=1S/C11H14NOS/c1-14-11-5-3-2-4-9(11)10-8-13-7-6-12-10/h2-5,10H,6-8H2,1H3. The number of rotatable bonds is 2. The molecule has 0 amide bonds. The molecule has 2 rings (SSSR count). The van der Waals surface area contributed by atoms with Crippen LogP contribution in [0.15, 0.2) is 29.2 Å². The molecule has 2 nitrogen and oxygen atoms in total. The number of benzene rings is 1. The van der Waals surface area contributed by atoms with Crippen molar-refractivity contribution in [2.45, 2.75) is 10.9 Å². The van der Waals surface area contributed by atoms with E-state index in [-0.39, 0.29) is 6.04 Å². The maximum atomic E-state index is 5.43. The van der Waals surface area contributed by atoms with E-state index in [9.17, 15) is 0 Å². The van der Waals surface area contributed by atoms with E-state index < -0.39 is 0 Å². The predicted octanol–water partition coefficient (Wildman–Crippen LogP) is 2.08. The van der Waals surface area contributed by atoms with Crippen LogP contribution in [0, 0.1) is 0 Å². The highest BCUT2D eigenvalue weighted by Crippen LogP contribution is 2.27. The fraction of sp³-hybridized carbons (Fsp3) is 0.455. The number of morpholine rings is 1. The lowest BCUT2D eigenvalue weighted by Gasteiger charge is -2.23. The smallest absolute Gasteiger partial charge is 0.0741 e. The molecule has 1 aliphatic heterocycles. The Balaban J connectivity index is 2.20. The van der Waals surface area contributed by atoms with Crippen LogP contribution in [0.25, 0.3) is 0 Å². The summed E-state index contributed by atoms with van der Waals surface area (Å²) in [5.74, 6) is 0. The van der Waals surface area contributed by atoms with Gasteiger partial charge in [-0.15, -0.1) is 11.8 Å². The Kier molecular flexibility index (Phi) is 3.45. The quantitative estimate of drug-likeness (QED) is 0.695. The Morgan fingerprint density at radius 2 is 2.29 bits per heavy atom. The average Bonchev–Trinajstić information content (AvgIpc) is 2.30. The molecule has 0 aromatic heterocycles. The first-order valence-corrected chi connectivity index (χ1v) is 6.01. The van der Waals surface area contributed by atoms with Crippen molar-refractivity contribution in [3.63, 3.8) is 0 Å². The van der Waals surface area contributed by atoms with Gasteiger partial charge in [0.2, 0.25) is 0 Å². The van der Waals surface area contributed by atoms with Crippen LogP contribution in [0.5, 0.6) is 0 Å². The van der Waals surface area contributed by atoms with Crippen molar-refractivity contribution in [3.05, 3.63) is 29.8 Å². The van der Waals surface area contributed by atoms with Crippen LogP contribution in [0.2, 0.25) is 0 Å². The maximum absolute atomic E-state index is 5.43. The molecule has 1 aromatic carbocycles. The van der Waals surface area contributed by atoms with Gasteiger partial charge in [-0.3, -0.25) is 0 Å². The van der Waals surface area contributed by atoms with E-state index in [2.05, 4.69) is 35.8 Å². The van der Waals surface area contributed by atoms with Gasteiger partial charge in [0.1, 0.15) is 0 Å². The minimum Gasteiger partial charge on any atom is -0.378 e. The molecule has 0 aliphatic carbocycles. The van der Waals surface area contributed by atoms with Crippen LogP contribution < -0.4 is 5.32 Å². The molecule has 3 heteroatoms. The summed E-state index contributed by atoms with van der Waals surface area (Å²) in [6, 6.07) is 8.67. The molecule has 1 aromatic rings. The van der Waals surface area contributed by atoms with Gasteiger partial charge in [-0.1, -0.05) is 18.2 Å². The predicted molar refractivity (Wildman–Crippen MR) is 58.8 cm³/mol. The first-order chi connectivity index (χ1) is 6.92. The van der Waals surface area contributed by atoms with Crippen LogP contribution in [-0.2, 0) is 4.74 Å². The Bertz CT molecular complexity index is 297. The summed E-state index contributed by atoms with van der Waals surface area (Å²) >= 11 is 1.77. The molecule has 0 N–H and O–H groups in total. The molecule has 75 valence electrons. The highest BCUT2D eigenvalue weighted by molar-refractivity contribution is 7.98. The largest absolute Gasteiger partial charge is 0.378 e. The zero-order valence-corrected chi connectivity index (χ0v) is 9.09. The van der Waals surface area contributed by atoms with E-state index in [0.717, 1.165) is 19.8 Å². The van der Waals surface area contributed by atoms with Gasteiger partial charge in [-0.05, 0) is 17.9 Å². The number of ether oxygens (including phenoxy) is 1. The molecule has 14 heavy (non-hydrogen) atoms. The van der Waals surface area contributed by atoms with Gasteiger partial charge in [0.05, 0.1) is 19.3 Å². The zero-order chi connectivity index (χ0) is 9.80. The molecular weight excluding hydrogens is 194 g/mol. The van der Waals surface area contributed by atoms with E-state index in [1.165, 1.54) is 10.5 Å². The highest BCUT2D eigenvalue weighted by atomic mass is 32.2. The molecule has 1 radical (unpaired) electrons. The van der Waals surface area contributed by atoms with Gasteiger partial charge >= 0.3 is 0 Å². The van der Waals surface area contributed by atoms with Crippen LogP contribution in [0.1, 0.15) is 11.6 Å². The van der Waals surface area contributed by atoms with Gasteiger partial charge in [0, 0.05) is 11.4 Å². The van der Waals surface area contributed by atoms with E-state index in [1.54, 1.807) is 11.8 Å². The summed E-state index contributed by atoms with van der Waals surface area (Å²) in [6.07, 6.45) is 2.10. The minimum atomic E-state index is 0.243. The Morgan fingerprint density at radius 1 is 1.43 bits per heavy atom. The van der Waals surface area contributed by atoms with Crippen molar-refractivity contribution in [2.75, 3.05) is 26.0 Å². The lowest BCUT2D eigenvalue weighted by atomic mass is 10.1. The van der Waals surface area contributed by atoms with Crippen LogP contribution in [-0.4, -0.2) is 26.0 Å². The number of thioether (sulfide) groups is 1. The normalized spacial score (nSPS) is 22.2. The van der Waals surface area contributed by atoms with Gasteiger partial charge in [0.25, 0.3) is 0 Å². The summed E-state index contributed by atoms with van der Waals surface area (Å²) in [7, 11) is 0. The topological polar surface area (TPSA) is 23.3 Å². The molecule has 1 saturated heterocycles. The molecule has 0 saturated carbocycles. The van der Waals surface area contributed by atoms with Gasteiger partial charge in [-0.25, -0.2) is 5.32 Å². The first kappa shape index (κ1) is 10.0. The second kappa shape index (κ2) is 4.82. The molecule has 1 atom stereocenters. The minimum absolute atomic E-state index is 0.243. The maximum Gasteiger partial charge on any atom is 0.0741 e. The van der Waals surface area contributed by atoms with Crippen LogP contribution in [0.4, 0.5) is 0 Å². The number of hydrogen-bond acceptors (Lipinski definition) is 2. The van der Waals surface area contributed by atoms with Crippen molar-refractivity contribution in [1.29, 1.82) is 0 Å². The van der Waals surface area contributed by atoms with Gasteiger partial charge in [-0.2, -0.15) is 0 Å². The summed E-state index contributed by atoms with van der Waals surface area (Å²) in [5.41, 5.74) is 1.31. The fourth-order valence-corrected chi connectivity index (χ4v) is 2.31. The highest BCUT2D eigenvalue weighted by Gasteiger charge is 2.18. The molecule has 0 bridgehead atoms. The summed E-state index contributed by atoms with van der Waals surface area (Å²) in [4.78, 5) is 1.31. The Morgan fingerprint density at radius 3 is 3.00 bits per heavy atom. The van der Waals surface area contributed by atoms with Crippen molar-refractivity contribution >= 4 is 11.8 Å². The third-order valence-corrected chi connectivity index (χ3v) is 3.17. The second-order valence-electron chi connectivity index (χ2n) is 3.24. The van der Waals surface area contributed by atoms with Crippen molar-refractivity contribution in [1.82, 2.24) is 5.32 Å². The van der Waals surface area contributed by atoms with Gasteiger partial charge in [0.15, 0.2) is 0 Å². The van der Waals surface area contributed by atoms with E-state index >= 15 is 0 Å². The van der Waals surface area contributed by atoms with Gasteiger partial charge < -0.3 is 4.74 Å². The fourth-order valence-electron chi connectivity index (χ4n) is 1.65. The summed E-state index contributed by atoms with van der Waals surface area (Å²) < 4.78 is 5.43. The lowest BCUT2D eigenvalue weighted by Crippen LogP contribution is -2.29. The Labute approximate surface area is 89.0 Å². The van der Waals surface area contributed by atoms with E-state index in [1.807, 2.05) is 0 Å². The van der Waals surface area contributed by atoms with Crippen molar-refractivity contribution in [3.8, 4) is 0 Å². The summed E-state index contributed by atoms with van der Waals surface area (Å²) in [5, 5.41) is 4.57. The SMILES string of the molecule is CSc1ccccc1C1COCC[N]1. The molecule has 1 fully saturated rings. The van der Waals surface area contributed by atoms with Crippen molar-refractivity contribution < 1.29 is 4.74 Å². The van der Waals surface area contributed by atoms with Crippen molar-refractivity contribution in [2.24, 2.45) is 0 Å². The zero-order valence-electron chi connectivity index (χ0n) is 8.27. The second-order valence-corrected chi connectivity index (χ2v) is 4.09. The third kappa shape index (κ3) is 2.11. The first-order valence-electron chi connectivity index (χ1n) is 4.79. The number of hydrogen-bond donors (Lipinski definition) is 0. The number of nitrogens with zero attached hydrogens (tertiary/aromatic N) is 1. The van der Waals surface area contributed by atoms with Crippen LogP contribution >= 0.6 is 11.8 Å². The van der Waals surface area contributed by atoms with E-state index in [4.69, 9.17) is 4.74 Å². The molecule has 0 spiro atoms. The summed E-state index contributed by atoms with van der Waals surface area (Å²) in [6.45, 7) is 2.34.